The third kappa shape index (κ3) is 5.50. The van der Waals surface area contributed by atoms with E-state index in [1.165, 1.54) is 0 Å². The van der Waals surface area contributed by atoms with E-state index in [4.69, 9.17) is 6.42 Å². The van der Waals surface area contributed by atoms with Crippen molar-refractivity contribution in [2.24, 2.45) is 0 Å². The van der Waals surface area contributed by atoms with E-state index in [0.29, 0.717) is 0 Å². The van der Waals surface area contributed by atoms with Crippen molar-refractivity contribution in [1.82, 2.24) is 0 Å². The molecule has 0 aromatic heterocycles. The zero-order valence-corrected chi connectivity index (χ0v) is 7.28. The Bertz CT molecular complexity index is 247. The molecule has 0 radical (unpaired) electrons. The molecule has 0 unspecified atom stereocenters. The lowest BCUT2D eigenvalue weighted by atomic mass is 10.5. The minimum absolute atomic E-state index is 0.0560. The van der Waals surface area contributed by atoms with E-state index in [0.717, 1.165) is 0 Å². The summed E-state index contributed by atoms with van der Waals surface area (Å²) in [7, 11) is 0. The standard InChI is InChI=1S/C9H10O4/c1-3-5-7-13-9(11)8(10)12-6-4-2/h2-3,5H,6-7H2,1H3/b5-3+. The van der Waals surface area contributed by atoms with Gasteiger partial charge in [-0.25, -0.2) is 9.59 Å². The van der Waals surface area contributed by atoms with Gasteiger partial charge in [0.1, 0.15) is 6.61 Å². The maximum Gasteiger partial charge on any atom is 0.418 e. The molecule has 0 N–H and O–H groups in total. The number of terminal acetylenes is 1. The van der Waals surface area contributed by atoms with E-state index in [1.54, 1.807) is 19.1 Å². The summed E-state index contributed by atoms with van der Waals surface area (Å²) in [4.78, 5) is 21.4. The summed E-state index contributed by atoms with van der Waals surface area (Å²) in [6.45, 7) is 1.60. The number of hydrogen-bond acceptors (Lipinski definition) is 4. The third-order valence-corrected chi connectivity index (χ3v) is 1.000. The van der Waals surface area contributed by atoms with Gasteiger partial charge < -0.3 is 9.47 Å². The molecule has 0 aliphatic heterocycles. The lowest BCUT2D eigenvalue weighted by Gasteiger charge is -1.99. The molecular formula is C9H10O4. The van der Waals surface area contributed by atoms with Crippen LogP contribution in [-0.2, 0) is 19.1 Å². The van der Waals surface area contributed by atoms with Crippen LogP contribution < -0.4 is 0 Å². The molecule has 0 aliphatic carbocycles. The van der Waals surface area contributed by atoms with E-state index in [-0.39, 0.29) is 13.2 Å². The molecule has 0 saturated heterocycles. The highest BCUT2D eigenvalue weighted by Crippen LogP contribution is 1.85. The highest BCUT2D eigenvalue weighted by Gasteiger charge is 2.15. The van der Waals surface area contributed by atoms with Crippen molar-refractivity contribution in [2.45, 2.75) is 6.92 Å². The molecule has 0 heterocycles. The van der Waals surface area contributed by atoms with Crippen LogP contribution in [0.15, 0.2) is 12.2 Å². The Morgan fingerprint density at radius 2 is 2.00 bits per heavy atom. The Morgan fingerprint density at radius 1 is 1.38 bits per heavy atom. The fourth-order valence-electron chi connectivity index (χ4n) is 0.445. The zero-order chi connectivity index (χ0) is 10.1. The van der Waals surface area contributed by atoms with Crippen LogP contribution in [0.2, 0.25) is 0 Å². The molecule has 13 heavy (non-hydrogen) atoms. The van der Waals surface area contributed by atoms with Crippen molar-refractivity contribution < 1.29 is 19.1 Å². The molecule has 0 rings (SSSR count). The zero-order valence-electron chi connectivity index (χ0n) is 7.28. The molecule has 0 atom stereocenters. The van der Waals surface area contributed by atoms with E-state index >= 15 is 0 Å². The second-order valence-electron chi connectivity index (χ2n) is 1.95. The molecule has 0 aliphatic rings. The van der Waals surface area contributed by atoms with Crippen LogP contribution in [0.25, 0.3) is 0 Å². The van der Waals surface area contributed by atoms with Crippen LogP contribution >= 0.6 is 0 Å². The lowest BCUT2D eigenvalue weighted by molar-refractivity contribution is -0.166. The van der Waals surface area contributed by atoms with Crippen molar-refractivity contribution in [3.63, 3.8) is 0 Å². The second-order valence-corrected chi connectivity index (χ2v) is 1.95. The van der Waals surface area contributed by atoms with E-state index in [1.807, 2.05) is 0 Å². The lowest BCUT2D eigenvalue weighted by Crippen LogP contribution is -2.20. The number of esters is 2. The molecule has 0 saturated carbocycles. The first-order valence-corrected chi connectivity index (χ1v) is 3.61. The Labute approximate surface area is 76.5 Å². The van der Waals surface area contributed by atoms with Gasteiger partial charge in [0.05, 0.1) is 0 Å². The smallest absolute Gasteiger partial charge is 0.418 e. The number of rotatable bonds is 3. The summed E-state index contributed by atoms with van der Waals surface area (Å²) in [5, 5.41) is 0. The highest BCUT2D eigenvalue weighted by atomic mass is 16.6. The first kappa shape index (κ1) is 11.2. The van der Waals surface area contributed by atoms with Crippen molar-refractivity contribution in [2.75, 3.05) is 13.2 Å². The highest BCUT2D eigenvalue weighted by molar-refractivity contribution is 6.29. The third-order valence-electron chi connectivity index (χ3n) is 1.000. The number of hydrogen-bond donors (Lipinski definition) is 0. The van der Waals surface area contributed by atoms with Crippen LogP contribution in [0.1, 0.15) is 6.92 Å². The summed E-state index contributed by atoms with van der Waals surface area (Å²) in [5.74, 6) is -0.0452. The summed E-state index contributed by atoms with van der Waals surface area (Å²) in [5.41, 5.74) is 0. The predicted octanol–water partition coefficient (Wildman–Crippen LogP) is 0.282. The Kier molecular flexibility index (Phi) is 5.98. The van der Waals surface area contributed by atoms with Crippen LogP contribution in [0.4, 0.5) is 0 Å². The van der Waals surface area contributed by atoms with Crippen LogP contribution in [0.5, 0.6) is 0 Å². The van der Waals surface area contributed by atoms with Gasteiger partial charge in [-0.1, -0.05) is 18.1 Å². The van der Waals surface area contributed by atoms with Gasteiger partial charge in [0.15, 0.2) is 6.61 Å². The maximum absolute atomic E-state index is 10.7. The minimum atomic E-state index is -1.07. The number of ether oxygens (including phenoxy) is 2. The van der Waals surface area contributed by atoms with Gasteiger partial charge in [-0.3, -0.25) is 0 Å². The summed E-state index contributed by atoms with van der Waals surface area (Å²) in [6, 6.07) is 0. The van der Waals surface area contributed by atoms with Gasteiger partial charge >= 0.3 is 11.9 Å². The molecule has 0 aromatic carbocycles. The molecule has 0 amide bonds. The van der Waals surface area contributed by atoms with E-state index in [2.05, 4.69) is 15.4 Å². The summed E-state index contributed by atoms with van der Waals surface area (Å²) < 4.78 is 8.78. The molecular weight excluding hydrogens is 172 g/mol. The first-order chi connectivity index (χ1) is 6.22. The SMILES string of the molecule is C#CCOC(=O)C(=O)OC/C=C/C. The van der Waals surface area contributed by atoms with Crippen LogP contribution in [0.3, 0.4) is 0 Å². The monoisotopic (exact) mass is 182 g/mol. The average molecular weight is 182 g/mol. The normalized spacial score (nSPS) is 9.23. The quantitative estimate of drug-likeness (QED) is 0.272. The van der Waals surface area contributed by atoms with Gasteiger partial charge in [-0.2, -0.15) is 0 Å². The fourth-order valence-corrected chi connectivity index (χ4v) is 0.445. The molecule has 0 bridgehead atoms. The fraction of sp³-hybridized carbons (Fsp3) is 0.333. The molecule has 70 valence electrons. The molecule has 0 aromatic rings. The van der Waals surface area contributed by atoms with Gasteiger partial charge in [0, 0.05) is 0 Å². The predicted molar refractivity (Wildman–Crippen MR) is 45.6 cm³/mol. The molecule has 0 fully saturated rings. The van der Waals surface area contributed by atoms with Crippen molar-refractivity contribution in [3.8, 4) is 12.3 Å². The Balaban J connectivity index is 3.71. The Morgan fingerprint density at radius 3 is 2.54 bits per heavy atom. The van der Waals surface area contributed by atoms with Crippen molar-refractivity contribution in [1.29, 1.82) is 0 Å². The van der Waals surface area contributed by atoms with Crippen LogP contribution in [0, 0.1) is 12.3 Å². The van der Waals surface area contributed by atoms with Crippen molar-refractivity contribution >= 4 is 11.9 Å². The molecule has 0 spiro atoms. The van der Waals surface area contributed by atoms with Crippen LogP contribution in [-0.4, -0.2) is 25.2 Å². The number of carbonyl (C=O) groups is 2. The first-order valence-electron chi connectivity index (χ1n) is 3.61. The second kappa shape index (κ2) is 6.92. The van der Waals surface area contributed by atoms with Gasteiger partial charge in [0.2, 0.25) is 0 Å². The Hall–Kier alpha value is -1.76. The van der Waals surface area contributed by atoms with E-state index < -0.39 is 11.9 Å². The number of allylic oxidation sites excluding steroid dienone is 1. The summed E-state index contributed by atoms with van der Waals surface area (Å²) >= 11 is 0. The average Bonchev–Trinajstić information content (AvgIpc) is 2.14. The van der Waals surface area contributed by atoms with Crippen molar-refractivity contribution in [3.05, 3.63) is 12.2 Å². The molecule has 4 nitrogen and oxygen atoms in total. The van der Waals surface area contributed by atoms with E-state index in [9.17, 15) is 9.59 Å². The van der Waals surface area contributed by atoms with Gasteiger partial charge in [-0.15, -0.1) is 6.42 Å². The molecule has 4 heteroatoms. The maximum atomic E-state index is 10.7. The largest absolute Gasteiger partial charge is 0.453 e. The summed E-state index contributed by atoms with van der Waals surface area (Å²) in [6.07, 6.45) is 8.09. The van der Waals surface area contributed by atoms with Gasteiger partial charge in [0.25, 0.3) is 0 Å². The van der Waals surface area contributed by atoms with Gasteiger partial charge in [-0.05, 0) is 6.92 Å². The topological polar surface area (TPSA) is 52.6 Å². The number of carbonyl (C=O) groups excluding carboxylic acids is 2. The minimum Gasteiger partial charge on any atom is -0.453 e.